The molecule has 0 aliphatic carbocycles. The van der Waals surface area contributed by atoms with Crippen molar-refractivity contribution in [3.63, 3.8) is 0 Å². The van der Waals surface area contributed by atoms with Gasteiger partial charge in [-0.1, -0.05) is 43.1 Å². The fourth-order valence-electron chi connectivity index (χ4n) is 5.35. The molecule has 2 heterocycles. The normalized spacial score (nSPS) is 20.1. The van der Waals surface area contributed by atoms with E-state index in [1.807, 2.05) is 12.1 Å². The van der Waals surface area contributed by atoms with Crippen LogP contribution >= 0.6 is 23.2 Å². The molecule has 32 heavy (non-hydrogen) atoms. The molecule has 0 spiro atoms. The van der Waals surface area contributed by atoms with Gasteiger partial charge in [-0.25, -0.2) is 0 Å². The van der Waals surface area contributed by atoms with Gasteiger partial charge in [0.05, 0.1) is 5.41 Å². The summed E-state index contributed by atoms with van der Waals surface area (Å²) in [5.41, 5.74) is 7.43. The first-order valence-electron chi connectivity index (χ1n) is 11.4. The molecule has 0 unspecified atom stereocenters. The summed E-state index contributed by atoms with van der Waals surface area (Å²) in [5.74, 6) is 0. The predicted molar refractivity (Wildman–Crippen MR) is 139 cm³/mol. The Morgan fingerprint density at radius 1 is 0.938 bits per heavy atom. The zero-order valence-electron chi connectivity index (χ0n) is 20.1. The standard InChI is InChI=1S/C28H33Cl2N2/c1-8-31-23-14-12-19(29)16-21(23)27(4,5)25(31)10-9-11-26-28(6,7)22-17-20(30)13-15-24(22)32(26)18(2)3/h9-18H,8H2,1-7H3/q+1. The fourth-order valence-corrected chi connectivity index (χ4v) is 5.70. The molecular formula is C28H33Cl2N2+. The van der Waals surface area contributed by atoms with E-state index in [4.69, 9.17) is 23.2 Å². The summed E-state index contributed by atoms with van der Waals surface area (Å²) < 4.78 is 2.40. The molecule has 0 bridgehead atoms. The van der Waals surface area contributed by atoms with Crippen LogP contribution < -0.4 is 4.90 Å². The van der Waals surface area contributed by atoms with Gasteiger partial charge in [-0.2, -0.15) is 4.58 Å². The van der Waals surface area contributed by atoms with E-state index < -0.39 is 0 Å². The topological polar surface area (TPSA) is 6.25 Å². The van der Waals surface area contributed by atoms with E-state index in [0.717, 1.165) is 16.6 Å². The maximum absolute atomic E-state index is 6.36. The number of hydrogen-bond acceptors (Lipinski definition) is 1. The van der Waals surface area contributed by atoms with Gasteiger partial charge in [-0.15, -0.1) is 0 Å². The van der Waals surface area contributed by atoms with Crippen LogP contribution in [-0.4, -0.2) is 22.9 Å². The number of halogens is 2. The van der Waals surface area contributed by atoms with Crippen LogP contribution in [0, 0.1) is 0 Å². The van der Waals surface area contributed by atoms with Crippen molar-refractivity contribution < 1.29 is 4.58 Å². The van der Waals surface area contributed by atoms with Crippen LogP contribution in [0.1, 0.15) is 59.6 Å². The summed E-state index contributed by atoms with van der Waals surface area (Å²) in [7, 11) is 0. The lowest BCUT2D eigenvalue weighted by molar-refractivity contribution is -0.433. The third kappa shape index (κ3) is 3.53. The Bertz CT molecular complexity index is 1170. The minimum atomic E-state index is -0.119. The van der Waals surface area contributed by atoms with Gasteiger partial charge < -0.3 is 4.90 Å². The molecule has 168 valence electrons. The third-order valence-corrected chi connectivity index (χ3v) is 7.46. The number of benzene rings is 2. The minimum absolute atomic E-state index is 0.106. The molecule has 2 nitrogen and oxygen atoms in total. The first kappa shape index (κ1) is 23.1. The van der Waals surface area contributed by atoms with E-state index in [-0.39, 0.29) is 10.8 Å². The summed E-state index contributed by atoms with van der Waals surface area (Å²) in [6.45, 7) is 16.7. The number of hydrogen-bond donors (Lipinski definition) is 0. The minimum Gasteiger partial charge on any atom is -0.341 e. The SMILES string of the molecule is CC[N+]1=C(C=C/C=C2/N(C(C)C)c3ccc(Cl)cc3C2(C)C)C(C)(C)c2cc(Cl)ccc21. The van der Waals surface area contributed by atoms with E-state index in [1.165, 1.54) is 33.9 Å². The first-order chi connectivity index (χ1) is 15.0. The molecule has 4 heteroatoms. The molecule has 0 amide bonds. The van der Waals surface area contributed by atoms with Crippen LogP contribution in [0.2, 0.25) is 10.0 Å². The molecule has 4 rings (SSSR count). The van der Waals surface area contributed by atoms with Crippen LogP contribution in [0.4, 0.5) is 11.4 Å². The van der Waals surface area contributed by atoms with Crippen molar-refractivity contribution >= 4 is 40.3 Å². The number of rotatable bonds is 4. The lowest BCUT2D eigenvalue weighted by Gasteiger charge is -2.30. The number of anilines is 1. The Labute approximate surface area is 202 Å². The summed E-state index contributed by atoms with van der Waals surface area (Å²) in [5, 5.41) is 1.58. The molecule has 0 atom stereocenters. The van der Waals surface area contributed by atoms with Gasteiger partial charge in [0.1, 0.15) is 6.54 Å². The molecule has 0 radical (unpaired) electrons. The third-order valence-electron chi connectivity index (χ3n) is 6.99. The Morgan fingerprint density at radius 2 is 1.56 bits per heavy atom. The fraction of sp³-hybridized carbons (Fsp3) is 0.393. The molecule has 0 saturated carbocycles. The van der Waals surface area contributed by atoms with Crippen molar-refractivity contribution in [2.45, 2.75) is 65.3 Å². The maximum Gasteiger partial charge on any atom is 0.209 e. The van der Waals surface area contributed by atoms with E-state index in [1.54, 1.807) is 0 Å². The average Bonchev–Trinajstić information content (AvgIpc) is 3.07. The molecule has 2 aromatic carbocycles. The highest BCUT2D eigenvalue weighted by molar-refractivity contribution is 6.31. The predicted octanol–water partition coefficient (Wildman–Crippen LogP) is 8.04. The van der Waals surface area contributed by atoms with Gasteiger partial charge >= 0.3 is 0 Å². The van der Waals surface area contributed by atoms with Crippen LogP contribution in [0.5, 0.6) is 0 Å². The van der Waals surface area contributed by atoms with Gasteiger partial charge in [0.2, 0.25) is 5.69 Å². The summed E-state index contributed by atoms with van der Waals surface area (Å²) in [6.07, 6.45) is 6.77. The van der Waals surface area contributed by atoms with Crippen molar-refractivity contribution in [1.82, 2.24) is 0 Å². The zero-order chi connectivity index (χ0) is 23.4. The van der Waals surface area contributed by atoms with Gasteiger partial charge in [0, 0.05) is 50.6 Å². The summed E-state index contributed by atoms with van der Waals surface area (Å²) in [4.78, 5) is 2.44. The van der Waals surface area contributed by atoms with E-state index in [0.29, 0.717) is 6.04 Å². The van der Waals surface area contributed by atoms with Crippen molar-refractivity contribution in [3.8, 4) is 0 Å². The van der Waals surface area contributed by atoms with Crippen LogP contribution in [0.3, 0.4) is 0 Å². The molecule has 2 aliphatic heterocycles. The Kier molecular flexibility index (Phi) is 5.84. The van der Waals surface area contributed by atoms with E-state index >= 15 is 0 Å². The van der Waals surface area contributed by atoms with Crippen LogP contribution in [0.25, 0.3) is 0 Å². The monoisotopic (exact) mass is 467 g/mol. The van der Waals surface area contributed by atoms with Gasteiger partial charge in [-0.05, 0) is 76.6 Å². The second-order valence-electron chi connectivity index (χ2n) is 10.1. The molecule has 0 fully saturated rings. The lowest BCUT2D eigenvalue weighted by atomic mass is 9.81. The second kappa shape index (κ2) is 8.08. The molecule has 2 aromatic rings. The highest BCUT2D eigenvalue weighted by Crippen LogP contribution is 2.49. The van der Waals surface area contributed by atoms with E-state index in [9.17, 15) is 0 Å². The number of fused-ring (bicyclic) bond motifs is 2. The molecular weight excluding hydrogens is 435 g/mol. The van der Waals surface area contributed by atoms with Gasteiger partial charge in [0.25, 0.3) is 0 Å². The highest BCUT2D eigenvalue weighted by atomic mass is 35.5. The second-order valence-corrected chi connectivity index (χ2v) is 11.0. The van der Waals surface area contributed by atoms with Crippen LogP contribution in [-0.2, 0) is 10.8 Å². The highest BCUT2D eigenvalue weighted by Gasteiger charge is 2.44. The Morgan fingerprint density at radius 3 is 2.19 bits per heavy atom. The maximum atomic E-state index is 6.36. The van der Waals surface area contributed by atoms with Crippen molar-refractivity contribution in [2.24, 2.45) is 0 Å². The number of nitrogens with zero attached hydrogens (tertiary/aromatic N) is 2. The van der Waals surface area contributed by atoms with Gasteiger partial charge in [0.15, 0.2) is 5.71 Å². The zero-order valence-corrected chi connectivity index (χ0v) is 21.6. The van der Waals surface area contributed by atoms with Crippen LogP contribution in [0.15, 0.2) is 60.3 Å². The molecule has 0 saturated heterocycles. The van der Waals surface area contributed by atoms with Crippen molar-refractivity contribution in [3.05, 3.63) is 81.5 Å². The quantitative estimate of drug-likeness (QED) is 0.412. The molecule has 0 N–H and O–H groups in total. The molecule has 0 aromatic heterocycles. The van der Waals surface area contributed by atoms with Crippen molar-refractivity contribution in [1.29, 1.82) is 0 Å². The Balaban J connectivity index is 1.78. The average molecular weight is 468 g/mol. The van der Waals surface area contributed by atoms with Crippen molar-refractivity contribution in [2.75, 3.05) is 11.4 Å². The molecule has 2 aliphatic rings. The lowest BCUT2D eigenvalue weighted by Crippen LogP contribution is -2.31. The summed E-state index contributed by atoms with van der Waals surface area (Å²) >= 11 is 12.7. The van der Waals surface area contributed by atoms with E-state index in [2.05, 4.69) is 100 Å². The number of allylic oxidation sites excluding steroid dienone is 4. The smallest absolute Gasteiger partial charge is 0.209 e. The summed E-state index contributed by atoms with van der Waals surface area (Å²) in [6, 6.07) is 12.8. The Hall–Kier alpha value is -2.03. The first-order valence-corrected chi connectivity index (χ1v) is 12.2. The largest absolute Gasteiger partial charge is 0.341 e. The van der Waals surface area contributed by atoms with Gasteiger partial charge in [-0.3, -0.25) is 0 Å².